The molecule has 3 aromatic rings. The summed E-state index contributed by atoms with van der Waals surface area (Å²) in [5.41, 5.74) is 1.97. The molecular weight excluding hydrogens is 245 g/mol. The summed E-state index contributed by atoms with van der Waals surface area (Å²) < 4.78 is 12.7. The van der Waals surface area contributed by atoms with E-state index in [1.807, 2.05) is 18.3 Å². The zero-order valence-electron chi connectivity index (χ0n) is 9.85. The number of carbonyl (C=O) groups excluding carboxylic acids is 1. The van der Waals surface area contributed by atoms with Gasteiger partial charge in [-0.15, -0.1) is 0 Å². The van der Waals surface area contributed by atoms with Gasteiger partial charge in [0.2, 0.25) is 5.95 Å². The maximum absolute atomic E-state index is 12.7. The van der Waals surface area contributed by atoms with Gasteiger partial charge in [0, 0.05) is 22.7 Å². The van der Waals surface area contributed by atoms with Gasteiger partial charge in [-0.1, -0.05) is 0 Å². The Morgan fingerprint density at radius 1 is 1.21 bits per heavy atom. The molecule has 0 aliphatic carbocycles. The minimum absolute atomic E-state index is 0.253. The summed E-state index contributed by atoms with van der Waals surface area (Å²) in [6.07, 6.45) is 3.10. The molecule has 19 heavy (non-hydrogen) atoms. The molecule has 0 unspecified atom stereocenters. The van der Waals surface area contributed by atoms with E-state index in [2.05, 4.69) is 15.3 Å². The lowest BCUT2D eigenvalue weighted by Crippen LogP contribution is -2.11. The number of halogens is 1. The fourth-order valence-electron chi connectivity index (χ4n) is 1.85. The Morgan fingerprint density at radius 2 is 2.11 bits per heavy atom. The number of nitrogens with one attached hydrogen (secondary N) is 2. The zero-order valence-corrected chi connectivity index (χ0v) is 9.85. The van der Waals surface area contributed by atoms with Crippen LogP contribution in [0.25, 0.3) is 10.9 Å². The fourth-order valence-corrected chi connectivity index (χ4v) is 1.85. The number of hydrogen-bond donors (Lipinski definition) is 2. The first-order valence-electron chi connectivity index (χ1n) is 5.72. The number of rotatable bonds is 2. The molecule has 5 heteroatoms. The molecule has 0 saturated heterocycles. The largest absolute Gasteiger partial charge is 0.361 e. The topological polar surface area (TPSA) is 57.8 Å². The van der Waals surface area contributed by atoms with Gasteiger partial charge in [-0.25, -0.2) is 4.98 Å². The minimum Gasteiger partial charge on any atom is -0.361 e. The van der Waals surface area contributed by atoms with E-state index in [-0.39, 0.29) is 5.91 Å². The normalized spacial score (nSPS) is 10.6. The first kappa shape index (κ1) is 11.4. The molecule has 2 heterocycles. The molecule has 0 saturated carbocycles. The smallest absolute Gasteiger partial charge is 0.255 e. The molecule has 2 N–H and O–H groups in total. The predicted octanol–water partition coefficient (Wildman–Crippen LogP) is 2.95. The van der Waals surface area contributed by atoms with Crippen molar-refractivity contribution in [2.75, 3.05) is 5.32 Å². The summed E-state index contributed by atoms with van der Waals surface area (Å²) >= 11 is 0. The van der Waals surface area contributed by atoms with E-state index in [0.29, 0.717) is 11.3 Å². The Kier molecular flexibility index (Phi) is 2.72. The van der Waals surface area contributed by atoms with Crippen LogP contribution in [0.15, 0.2) is 48.8 Å². The fraction of sp³-hybridized carbons (Fsp3) is 0. The second-order valence-electron chi connectivity index (χ2n) is 4.10. The number of fused-ring (bicyclic) bond motifs is 1. The number of benzene rings is 1. The lowest BCUT2D eigenvalue weighted by atomic mass is 10.1. The molecule has 1 aromatic carbocycles. The Bertz CT molecular complexity index is 734. The molecule has 4 nitrogen and oxygen atoms in total. The summed E-state index contributed by atoms with van der Waals surface area (Å²) in [4.78, 5) is 18.6. The van der Waals surface area contributed by atoms with E-state index in [9.17, 15) is 9.18 Å². The van der Waals surface area contributed by atoms with Crippen molar-refractivity contribution >= 4 is 22.5 Å². The molecule has 0 radical (unpaired) electrons. The third-order valence-corrected chi connectivity index (χ3v) is 2.80. The van der Waals surface area contributed by atoms with E-state index in [1.165, 1.54) is 18.3 Å². The quantitative estimate of drug-likeness (QED) is 0.692. The van der Waals surface area contributed by atoms with Gasteiger partial charge < -0.3 is 10.3 Å². The van der Waals surface area contributed by atoms with Crippen molar-refractivity contribution in [3.63, 3.8) is 0 Å². The molecule has 0 bridgehead atoms. The van der Waals surface area contributed by atoms with Crippen molar-refractivity contribution in [2.45, 2.75) is 0 Å². The summed E-state index contributed by atoms with van der Waals surface area (Å²) in [7, 11) is 0. The van der Waals surface area contributed by atoms with Crippen LogP contribution in [-0.2, 0) is 0 Å². The molecule has 0 aliphatic heterocycles. The number of hydrogen-bond acceptors (Lipinski definition) is 2. The number of H-pyrrole nitrogens is 1. The van der Waals surface area contributed by atoms with Crippen LogP contribution in [0, 0.1) is 5.95 Å². The van der Waals surface area contributed by atoms with Crippen LogP contribution in [0.3, 0.4) is 0 Å². The third-order valence-electron chi connectivity index (χ3n) is 2.80. The number of amides is 1. The van der Waals surface area contributed by atoms with Crippen molar-refractivity contribution in [3.8, 4) is 0 Å². The van der Waals surface area contributed by atoms with Crippen LogP contribution >= 0.6 is 0 Å². The summed E-state index contributed by atoms with van der Waals surface area (Å²) in [5.74, 6) is -0.830. The molecule has 0 spiro atoms. The Hall–Kier alpha value is -2.69. The summed E-state index contributed by atoms with van der Waals surface area (Å²) in [5, 5.41) is 3.63. The number of aromatic nitrogens is 2. The van der Waals surface area contributed by atoms with Crippen molar-refractivity contribution in [2.24, 2.45) is 0 Å². The average molecular weight is 255 g/mol. The summed E-state index contributed by atoms with van der Waals surface area (Å²) in [6.45, 7) is 0. The van der Waals surface area contributed by atoms with Gasteiger partial charge >= 0.3 is 0 Å². The van der Waals surface area contributed by atoms with Crippen molar-refractivity contribution < 1.29 is 9.18 Å². The zero-order chi connectivity index (χ0) is 13.2. The highest BCUT2D eigenvalue weighted by molar-refractivity contribution is 6.06. The van der Waals surface area contributed by atoms with E-state index in [4.69, 9.17) is 0 Å². The van der Waals surface area contributed by atoms with Crippen molar-refractivity contribution in [1.82, 2.24) is 9.97 Å². The Morgan fingerprint density at radius 3 is 2.89 bits per heavy atom. The Balaban J connectivity index is 1.84. The van der Waals surface area contributed by atoms with E-state index >= 15 is 0 Å². The number of carbonyl (C=O) groups is 1. The number of aromatic amines is 1. The van der Waals surface area contributed by atoms with Gasteiger partial charge in [0.1, 0.15) is 0 Å². The Labute approximate surface area is 108 Å². The minimum atomic E-state index is -0.577. The van der Waals surface area contributed by atoms with Crippen LogP contribution in [0.4, 0.5) is 10.1 Å². The molecular formula is C14H10FN3O. The molecule has 94 valence electrons. The SMILES string of the molecule is O=C(Nc1ccc(F)nc1)c1ccc2[nH]ccc2c1. The highest BCUT2D eigenvalue weighted by atomic mass is 19.1. The number of pyridine rings is 1. The molecule has 3 rings (SSSR count). The molecule has 0 fully saturated rings. The lowest BCUT2D eigenvalue weighted by molar-refractivity contribution is 0.102. The van der Waals surface area contributed by atoms with Crippen LogP contribution in [0.5, 0.6) is 0 Å². The van der Waals surface area contributed by atoms with E-state index < -0.39 is 5.95 Å². The van der Waals surface area contributed by atoms with Crippen molar-refractivity contribution in [1.29, 1.82) is 0 Å². The van der Waals surface area contributed by atoms with E-state index in [0.717, 1.165) is 10.9 Å². The van der Waals surface area contributed by atoms with Crippen molar-refractivity contribution in [3.05, 3.63) is 60.3 Å². The first-order valence-corrected chi connectivity index (χ1v) is 5.72. The van der Waals surface area contributed by atoms with Gasteiger partial charge in [0.25, 0.3) is 5.91 Å². The van der Waals surface area contributed by atoms with Crippen LogP contribution in [0.2, 0.25) is 0 Å². The van der Waals surface area contributed by atoms with E-state index in [1.54, 1.807) is 12.1 Å². The van der Waals surface area contributed by atoms with Gasteiger partial charge in [0.05, 0.1) is 11.9 Å². The second kappa shape index (κ2) is 4.53. The van der Waals surface area contributed by atoms with Gasteiger partial charge in [-0.3, -0.25) is 4.79 Å². The number of anilines is 1. The maximum atomic E-state index is 12.7. The molecule has 0 aliphatic rings. The van der Waals surface area contributed by atoms with Gasteiger partial charge in [0.15, 0.2) is 0 Å². The molecule has 1 amide bonds. The highest BCUT2D eigenvalue weighted by Gasteiger charge is 2.07. The van der Waals surface area contributed by atoms with Crippen LogP contribution < -0.4 is 5.32 Å². The third kappa shape index (κ3) is 2.30. The molecule has 0 atom stereocenters. The first-order chi connectivity index (χ1) is 9.22. The van der Waals surface area contributed by atoms with Gasteiger partial charge in [-0.05, 0) is 36.4 Å². The average Bonchev–Trinajstić information content (AvgIpc) is 2.88. The highest BCUT2D eigenvalue weighted by Crippen LogP contribution is 2.15. The second-order valence-corrected chi connectivity index (χ2v) is 4.10. The van der Waals surface area contributed by atoms with Crippen LogP contribution in [-0.4, -0.2) is 15.9 Å². The standard InChI is InChI=1S/C14H10FN3O/c15-13-4-2-11(8-17-13)18-14(19)10-1-3-12-9(7-10)5-6-16-12/h1-8,16H,(H,18,19). The van der Waals surface area contributed by atoms with Crippen LogP contribution in [0.1, 0.15) is 10.4 Å². The summed E-state index contributed by atoms with van der Waals surface area (Å²) in [6, 6.07) is 9.92. The maximum Gasteiger partial charge on any atom is 0.255 e. The monoisotopic (exact) mass is 255 g/mol. The lowest BCUT2D eigenvalue weighted by Gasteiger charge is -2.04. The predicted molar refractivity (Wildman–Crippen MR) is 70.4 cm³/mol. The molecule has 2 aromatic heterocycles. The number of nitrogens with zero attached hydrogens (tertiary/aromatic N) is 1. The van der Waals surface area contributed by atoms with Gasteiger partial charge in [-0.2, -0.15) is 4.39 Å².